The fourth-order valence-corrected chi connectivity index (χ4v) is 1.81. The lowest BCUT2D eigenvalue weighted by Gasteiger charge is -2.26. The van der Waals surface area contributed by atoms with Crippen LogP contribution in [0.1, 0.15) is 26.2 Å². The number of hydrogen-bond acceptors (Lipinski definition) is 1. The van der Waals surface area contributed by atoms with Crippen LogP contribution in [0.15, 0.2) is 24.3 Å². The number of hydrogen-bond donors (Lipinski definition) is 0. The zero-order chi connectivity index (χ0) is 10.7. The van der Waals surface area contributed by atoms with Crippen LogP contribution in [-0.4, -0.2) is 18.0 Å². The topological polar surface area (TPSA) is 3.24 Å². The van der Waals surface area contributed by atoms with Gasteiger partial charge in [0.1, 0.15) is 5.82 Å². The van der Waals surface area contributed by atoms with E-state index in [2.05, 4.69) is 4.90 Å². The highest BCUT2D eigenvalue weighted by molar-refractivity contribution is 5.15. The molecule has 1 nitrogen and oxygen atoms in total. The Hall–Kier alpha value is -0.890. The highest BCUT2D eigenvalue weighted by Crippen LogP contribution is 2.13. The monoisotopic (exact) mass is 194 g/mol. The lowest BCUT2D eigenvalue weighted by atomic mass is 10.1. The normalized spacial score (nSPS) is 20.8. The molecule has 2 rings (SSSR count). The largest absolute Gasteiger partial charge is 0.299 e. The molecule has 1 fully saturated rings. The van der Waals surface area contributed by atoms with E-state index in [1.165, 1.54) is 12.1 Å². The van der Waals surface area contributed by atoms with Crippen molar-refractivity contribution in [2.24, 2.45) is 0 Å². The summed E-state index contributed by atoms with van der Waals surface area (Å²) < 4.78 is 20.3. The van der Waals surface area contributed by atoms with E-state index in [-0.39, 0.29) is 12.2 Å². The van der Waals surface area contributed by atoms with Crippen molar-refractivity contribution in [2.45, 2.75) is 25.8 Å². The van der Waals surface area contributed by atoms with Gasteiger partial charge < -0.3 is 0 Å². The minimum atomic E-state index is -0.177. The molecule has 14 heavy (non-hydrogen) atoms. The Kier molecular flexibility index (Phi) is 2.74. The Morgan fingerprint density at radius 2 is 1.86 bits per heavy atom. The molecule has 0 N–H and O–H groups in total. The molecule has 1 heterocycles. The summed E-state index contributed by atoms with van der Waals surface area (Å²) in [5.41, 5.74) is 1.15. The van der Waals surface area contributed by atoms with Crippen LogP contribution in [0.4, 0.5) is 4.39 Å². The van der Waals surface area contributed by atoms with E-state index in [1.54, 1.807) is 0 Å². The highest BCUT2D eigenvalue weighted by Gasteiger charge is 2.09. The van der Waals surface area contributed by atoms with Crippen molar-refractivity contribution in [2.75, 3.05) is 13.1 Å². The quantitative estimate of drug-likeness (QED) is 0.699. The molecule has 0 amide bonds. The number of halogens is 1. The van der Waals surface area contributed by atoms with Gasteiger partial charge in [0.05, 0.1) is 0 Å². The third kappa shape index (κ3) is 2.55. The van der Waals surface area contributed by atoms with Crippen molar-refractivity contribution in [3.8, 4) is 0 Å². The summed E-state index contributed by atoms with van der Waals surface area (Å²) in [6.45, 7) is 2.87. The molecular formula is C12H16FN. The standard InChI is InChI=1S/C12H16FN/c13-12-6-4-11(5-7-12)10-14-8-2-1-3-9-14/h4-7H,1-3,8-10H2/i1D. The molecule has 1 aliphatic heterocycles. The number of piperidine rings is 1. The van der Waals surface area contributed by atoms with E-state index < -0.39 is 0 Å². The van der Waals surface area contributed by atoms with Gasteiger partial charge >= 0.3 is 0 Å². The molecule has 0 saturated carbocycles. The first kappa shape index (κ1) is 8.42. The van der Waals surface area contributed by atoms with Crippen LogP contribution in [0, 0.1) is 5.82 Å². The van der Waals surface area contributed by atoms with E-state index in [9.17, 15) is 4.39 Å². The maximum Gasteiger partial charge on any atom is 0.123 e. The van der Waals surface area contributed by atoms with Crippen molar-refractivity contribution in [1.82, 2.24) is 4.90 Å². The van der Waals surface area contributed by atoms with Gasteiger partial charge in [0.2, 0.25) is 0 Å². The maximum atomic E-state index is 12.7. The minimum Gasteiger partial charge on any atom is -0.299 e. The summed E-state index contributed by atoms with van der Waals surface area (Å²) in [6.07, 6.45) is 2.04. The van der Waals surface area contributed by atoms with Gasteiger partial charge in [-0.05, 0) is 43.6 Å². The summed E-state index contributed by atoms with van der Waals surface area (Å²) in [5, 5.41) is 0. The molecule has 0 bridgehead atoms. The van der Waals surface area contributed by atoms with Gasteiger partial charge in [-0.15, -0.1) is 0 Å². The Balaban J connectivity index is 1.89. The second kappa shape index (κ2) is 4.56. The molecule has 1 saturated heterocycles. The highest BCUT2D eigenvalue weighted by atomic mass is 19.1. The van der Waals surface area contributed by atoms with E-state index in [4.69, 9.17) is 1.37 Å². The molecule has 76 valence electrons. The first-order valence-corrected chi connectivity index (χ1v) is 5.13. The van der Waals surface area contributed by atoms with Crippen molar-refractivity contribution in [3.05, 3.63) is 35.6 Å². The lowest BCUT2D eigenvalue weighted by Crippen LogP contribution is -2.29. The van der Waals surface area contributed by atoms with Crippen LogP contribution < -0.4 is 0 Å². The van der Waals surface area contributed by atoms with Gasteiger partial charge in [-0.2, -0.15) is 0 Å². The van der Waals surface area contributed by atoms with Crippen LogP contribution in [-0.2, 0) is 6.54 Å². The van der Waals surface area contributed by atoms with Gasteiger partial charge in [0.25, 0.3) is 0 Å². The Morgan fingerprint density at radius 1 is 1.21 bits per heavy atom. The third-order valence-corrected chi connectivity index (χ3v) is 2.62. The van der Waals surface area contributed by atoms with Crippen LogP contribution in [0.3, 0.4) is 0 Å². The summed E-state index contributed by atoms with van der Waals surface area (Å²) in [5.74, 6) is -0.177. The van der Waals surface area contributed by atoms with E-state index in [1.807, 2.05) is 12.1 Å². The molecule has 0 atom stereocenters. The Morgan fingerprint density at radius 3 is 2.50 bits per heavy atom. The van der Waals surface area contributed by atoms with Crippen LogP contribution in [0.25, 0.3) is 0 Å². The number of nitrogens with zero attached hydrogens (tertiary/aromatic N) is 1. The Bertz CT molecular complexity index is 304. The van der Waals surface area contributed by atoms with Gasteiger partial charge in [-0.25, -0.2) is 4.39 Å². The zero-order valence-electron chi connectivity index (χ0n) is 9.25. The van der Waals surface area contributed by atoms with Crippen molar-refractivity contribution >= 4 is 0 Å². The van der Waals surface area contributed by atoms with Gasteiger partial charge in [0.15, 0.2) is 0 Å². The predicted molar refractivity (Wildman–Crippen MR) is 55.5 cm³/mol. The molecule has 1 aromatic carbocycles. The molecular weight excluding hydrogens is 177 g/mol. The van der Waals surface area contributed by atoms with Gasteiger partial charge in [-0.1, -0.05) is 18.5 Å². The fourth-order valence-electron chi connectivity index (χ4n) is 1.81. The van der Waals surface area contributed by atoms with Crippen molar-refractivity contribution in [3.63, 3.8) is 0 Å². The maximum absolute atomic E-state index is 12.7. The van der Waals surface area contributed by atoms with Crippen LogP contribution >= 0.6 is 0 Å². The van der Waals surface area contributed by atoms with Gasteiger partial charge in [0, 0.05) is 7.92 Å². The molecule has 1 aliphatic rings. The summed E-state index contributed by atoms with van der Waals surface area (Å²) in [7, 11) is 0. The number of likely N-dealkylation sites (tertiary alicyclic amines) is 1. The first-order valence-electron chi connectivity index (χ1n) is 5.71. The molecule has 0 unspecified atom stereocenters. The third-order valence-electron chi connectivity index (χ3n) is 2.62. The number of rotatable bonds is 2. The second-order valence-corrected chi connectivity index (χ2v) is 3.77. The fraction of sp³-hybridized carbons (Fsp3) is 0.500. The summed E-state index contributed by atoms with van der Waals surface area (Å²) >= 11 is 0. The Labute approximate surface area is 85.9 Å². The predicted octanol–water partition coefficient (Wildman–Crippen LogP) is 2.81. The van der Waals surface area contributed by atoms with Crippen LogP contribution in [0.2, 0.25) is 0 Å². The molecule has 1 aromatic rings. The molecule has 0 aliphatic carbocycles. The average molecular weight is 194 g/mol. The SMILES string of the molecule is [2H]C1CCN(Cc2ccc(F)cc2)CC1. The second-order valence-electron chi connectivity index (χ2n) is 3.77. The van der Waals surface area contributed by atoms with Crippen molar-refractivity contribution in [1.29, 1.82) is 0 Å². The van der Waals surface area contributed by atoms with E-state index >= 15 is 0 Å². The molecule has 0 aromatic heterocycles. The average Bonchev–Trinajstić information content (AvgIpc) is 2.25. The summed E-state index contributed by atoms with van der Waals surface area (Å²) in [4.78, 5) is 2.33. The first-order chi connectivity index (χ1) is 7.24. The van der Waals surface area contributed by atoms with Gasteiger partial charge in [-0.3, -0.25) is 4.90 Å². The van der Waals surface area contributed by atoms with E-state index in [0.717, 1.165) is 38.0 Å². The molecule has 2 heteroatoms. The van der Waals surface area contributed by atoms with E-state index in [0.29, 0.717) is 0 Å². The van der Waals surface area contributed by atoms with Crippen molar-refractivity contribution < 1.29 is 5.76 Å². The summed E-state index contributed by atoms with van der Waals surface area (Å²) in [6, 6.07) is 6.68. The lowest BCUT2D eigenvalue weighted by molar-refractivity contribution is 0.221. The minimum absolute atomic E-state index is 0.120. The molecule has 0 radical (unpaired) electrons. The molecule has 0 spiro atoms. The number of benzene rings is 1. The van der Waals surface area contributed by atoms with Crippen LogP contribution in [0.5, 0.6) is 0 Å². The zero-order valence-corrected chi connectivity index (χ0v) is 8.25. The smallest absolute Gasteiger partial charge is 0.123 e.